The fourth-order valence-electron chi connectivity index (χ4n) is 2.35. The van der Waals surface area contributed by atoms with E-state index in [1.165, 1.54) is 31.2 Å². The van der Waals surface area contributed by atoms with Gasteiger partial charge in [0.25, 0.3) is 5.91 Å². The summed E-state index contributed by atoms with van der Waals surface area (Å²) in [5.74, 6) is -5.87. The number of methoxy groups -OCH3 is 2. The van der Waals surface area contributed by atoms with Gasteiger partial charge in [-0.3, -0.25) is 19.2 Å². The van der Waals surface area contributed by atoms with Crippen molar-refractivity contribution in [1.82, 2.24) is 5.32 Å². The molecule has 1 rings (SSSR count). The Morgan fingerprint density at radius 1 is 1.08 bits per heavy atom. The Bertz CT molecular complexity index is 722. The van der Waals surface area contributed by atoms with Crippen molar-refractivity contribution in [2.75, 3.05) is 14.2 Å². The number of hydrogen-bond acceptors (Lipinski definition) is 7. The summed E-state index contributed by atoms with van der Waals surface area (Å²) in [6.07, 6.45) is 0. The number of ether oxygens (including phenoxy) is 2. The van der Waals surface area contributed by atoms with E-state index in [0.29, 0.717) is 5.56 Å². The number of amides is 2. The molecule has 0 saturated carbocycles. The van der Waals surface area contributed by atoms with Crippen LogP contribution in [0.1, 0.15) is 22.8 Å². The number of esters is 2. The Kier molecular flexibility index (Phi) is 7.28. The van der Waals surface area contributed by atoms with Crippen LogP contribution in [0.3, 0.4) is 0 Å². The minimum atomic E-state index is -1.44. The lowest BCUT2D eigenvalue weighted by Crippen LogP contribution is -2.52. The van der Waals surface area contributed by atoms with Crippen molar-refractivity contribution in [3.63, 3.8) is 0 Å². The van der Waals surface area contributed by atoms with Gasteiger partial charge in [0.2, 0.25) is 5.91 Å². The number of rotatable bonds is 7. The number of benzene rings is 1. The van der Waals surface area contributed by atoms with E-state index in [2.05, 4.69) is 14.8 Å². The molecular weight excluding hydrogens is 342 g/mol. The van der Waals surface area contributed by atoms with Crippen molar-refractivity contribution in [3.05, 3.63) is 35.4 Å². The topological polar surface area (TPSA) is 149 Å². The third-order valence-corrected chi connectivity index (χ3v) is 3.83. The molecule has 9 nitrogen and oxygen atoms in total. The Balaban J connectivity index is 3.07. The van der Waals surface area contributed by atoms with Crippen molar-refractivity contribution in [2.24, 2.45) is 17.6 Å². The molecule has 0 aliphatic rings. The minimum absolute atomic E-state index is 0.176. The van der Waals surface area contributed by atoms with Gasteiger partial charge in [-0.25, -0.2) is 0 Å². The van der Waals surface area contributed by atoms with Crippen LogP contribution in [0.4, 0.5) is 0 Å². The van der Waals surface area contributed by atoms with Gasteiger partial charge in [-0.1, -0.05) is 6.92 Å². The lowest BCUT2D eigenvalue weighted by atomic mass is 9.86. The van der Waals surface area contributed by atoms with Crippen molar-refractivity contribution in [3.8, 4) is 6.07 Å². The smallest absolute Gasteiger partial charge is 0.320 e. The van der Waals surface area contributed by atoms with Crippen LogP contribution in [-0.4, -0.2) is 44.0 Å². The zero-order valence-electron chi connectivity index (χ0n) is 14.5. The van der Waals surface area contributed by atoms with Gasteiger partial charge in [-0.2, -0.15) is 5.26 Å². The molecule has 0 bridgehead atoms. The Morgan fingerprint density at radius 2 is 1.58 bits per heavy atom. The lowest BCUT2D eigenvalue weighted by Gasteiger charge is -2.26. The molecule has 0 heterocycles. The van der Waals surface area contributed by atoms with Gasteiger partial charge in [0.15, 0.2) is 5.92 Å². The highest BCUT2D eigenvalue weighted by atomic mass is 16.5. The van der Waals surface area contributed by atoms with Crippen LogP contribution in [0.15, 0.2) is 24.3 Å². The molecular formula is C17H19N3O6. The van der Waals surface area contributed by atoms with Gasteiger partial charge in [-0.05, 0) is 24.3 Å². The zero-order valence-corrected chi connectivity index (χ0v) is 14.5. The molecule has 1 aromatic carbocycles. The van der Waals surface area contributed by atoms with Crippen LogP contribution >= 0.6 is 0 Å². The number of carbonyl (C=O) groups excluding carboxylic acids is 4. The fraction of sp³-hybridized carbons (Fsp3) is 0.353. The fourth-order valence-corrected chi connectivity index (χ4v) is 2.35. The van der Waals surface area contributed by atoms with Crippen LogP contribution in [0.25, 0.3) is 0 Å². The summed E-state index contributed by atoms with van der Waals surface area (Å²) in [5.41, 5.74) is 5.86. The largest absolute Gasteiger partial charge is 0.468 e. The van der Waals surface area contributed by atoms with Gasteiger partial charge in [0.1, 0.15) is 6.04 Å². The van der Waals surface area contributed by atoms with Crippen molar-refractivity contribution in [1.29, 1.82) is 5.26 Å². The standard InChI is InChI=1S/C17H19N3O6/c1-9(12(16(23)25-2)17(24)26-3)13(14(19)21)20-15(22)11-6-4-10(8-18)5-7-11/h4-7,9,12-13H,1-3H3,(H2,19,21)(H,20,22)/t9-,13+/m0/s1. The summed E-state index contributed by atoms with van der Waals surface area (Å²) in [7, 11) is 2.17. The highest BCUT2D eigenvalue weighted by molar-refractivity contribution is 5.99. The normalized spacial score (nSPS) is 12.4. The number of carbonyl (C=O) groups is 4. The number of primary amides is 1. The summed E-state index contributed by atoms with van der Waals surface area (Å²) < 4.78 is 9.13. The quantitative estimate of drug-likeness (QED) is 0.502. The van der Waals surface area contributed by atoms with Gasteiger partial charge in [0, 0.05) is 11.5 Å². The maximum Gasteiger partial charge on any atom is 0.320 e. The molecule has 0 radical (unpaired) electrons. The number of nitrogens with two attached hydrogens (primary N) is 1. The molecule has 1 aromatic rings. The first-order chi connectivity index (χ1) is 12.3. The average molecular weight is 361 g/mol. The van der Waals surface area contributed by atoms with E-state index in [-0.39, 0.29) is 5.56 Å². The average Bonchev–Trinajstić information content (AvgIpc) is 2.65. The Labute approximate surface area is 150 Å². The van der Waals surface area contributed by atoms with Crippen molar-refractivity contribution in [2.45, 2.75) is 13.0 Å². The summed E-state index contributed by atoms with van der Waals surface area (Å²) in [6.45, 7) is 1.40. The zero-order chi connectivity index (χ0) is 19.9. The second-order valence-electron chi connectivity index (χ2n) is 5.43. The molecule has 0 aliphatic heterocycles. The molecule has 3 N–H and O–H groups in total. The molecule has 0 unspecified atom stereocenters. The van der Waals surface area contributed by atoms with Crippen LogP contribution in [0, 0.1) is 23.2 Å². The van der Waals surface area contributed by atoms with E-state index in [1.54, 1.807) is 0 Å². The summed E-state index contributed by atoms with van der Waals surface area (Å²) in [4.78, 5) is 47.9. The van der Waals surface area contributed by atoms with E-state index >= 15 is 0 Å². The molecule has 2 atom stereocenters. The minimum Gasteiger partial charge on any atom is -0.468 e. The van der Waals surface area contributed by atoms with E-state index in [1.807, 2.05) is 6.07 Å². The maximum atomic E-state index is 12.3. The number of nitrogens with one attached hydrogen (secondary N) is 1. The molecule has 26 heavy (non-hydrogen) atoms. The second kappa shape index (κ2) is 9.17. The van der Waals surface area contributed by atoms with Crippen LogP contribution in [0.2, 0.25) is 0 Å². The third kappa shape index (κ3) is 4.80. The monoisotopic (exact) mass is 361 g/mol. The summed E-state index contributed by atoms with van der Waals surface area (Å²) in [6, 6.07) is 6.25. The van der Waals surface area contributed by atoms with Gasteiger partial charge >= 0.3 is 11.9 Å². The van der Waals surface area contributed by atoms with Crippen LogP contribution in [-0.2, 0) is 23.9 Å². The number of nitrogens with zero attached hydrogens (tertiary/aromatic N) is 1. The molecule has 0 aromatic heterocycles. The first kappa shape index (κ1) is 20.6. The van der Waals surface area contributed by atoms with E-state index in [0.717, 1.165) is 14.2 Å². The first-order valence-electron chi connectivity index (χ1n) is 7.52. The molecule has 0 fully saturated rings. The molecule has 0 saturated heterocycles. The molecule has 138 valence electrons. The first-order valence-corrected chi connectivity index (χ1v) is 7.52. The number of hydrogen-bond donors (Lipinski definition) is 2. The molecule has 0 spiro atoms. The predicted molar refractivity (Wildman–Crippen MR) is 88.3 cm³/mol. The third-order valence-electron chi connectivity index (χ3n) is 3.83. The lowest BCUT2D eigenvalue weighted by molar-refractivity contribution is -0.161. The van der Waals surface area contributed by atoms with Crippen molar-refractivity contribution >= 4 is 23.8 Å². The molecule has 9 heteroatoms. The van der Waals surface area contributed by atoms with Gasteiger partial charge in [-0.15, -0.1) is 0 Å². The van der Waals surface area contributed by atoms with Crippen molar-refractivity contribution < 1.29 is 28.7 Å². The number of nitriles is 1. The maximum absolute atomic E-state index is 12.3. The Morgan fingerprint density at radius 3 is 1.96 bits per heavy atom. The predicted octanol–water partition coefficient (Wildman–Crippen LogP) is -0.260. The van der Waals surface area contributed by atoms with E-state index < -0.39 is 41.6 Å². The van der Waals surface area contributed by atoms with Crippen LogP contribution in [0.5, 0.6) is 0 Å². The van der Waals surface area contributed by atoms with Gasteiger partial charge < -0.3 is 20.5 Å². The second-order valence-corrected chi connectivity index (χ2v) is 5.43. The Hall–Kier alpha value is -3.41. The van der Waals surface area contributed by atoms with E-state index in [4.69, 9.17) is 11.0 Å². The van der Waals surface area contributed by atoms with Gasteiger partial charge in [0.05, 0.1) is 25.9 Å². The highest BCUT2D eigenvalue weighted by Gasteiger charge is 2.41. The SMILES string of the molecule is COC(=O)C(C(=O)OC)[C@H](C)[C@@H](NC(=O)c1ccc(C#N)cc1)C(N)=O. The van der Waals surface area contributed by atoms with E-state index in [9.17, 15) is 19.2 Å². The molecule has 0 aliphatic carbocycles. The summed E-state index contributed by atoms with van der Waals surface area (Å²) in [5, 5.41) is 11.2. The van der Waals surface area contributed by atoms with Crippen LogP contribution < -0.4 is 11.1 Å². The summed E-state index contributed by atoms with van der Waals surface area (Å²) >= 11 is 0. The highest BCUT2D eigenvalue weighted by Crippen LogP contribution is 2.20. The molecule has 2 amide bonds.